The predicted octanol–water partition coefficient (Wildman–Crippen LogP) is 1.74. The second-order valence-corrected chi connectivity index (χ2v) is 5.83. The monoisotopic (exact) mass is 319 g/mol. The van der Waals surface area contributed by atoms with Crippen molar-refractivity contribution in [1.82, 2.24) is 19.2 Å². The van der Waals surface area contributed by atoms with Gasteiger partial charge < -0.3 is 14.2 Å². The number of nitrogens with zero attached hydrogens (tertiary/aromatic N) is 5. The summed E-state index contributed by atoms with van der Waals surface area (Å²) in [7, 11) is 3.62. The maximum Gasteiger partial charge on any atom is 0.198 e. The Labute approximate surface area is 135 Å². The molecular formula is C15H21N5OS. The molecule has 1 aromatic carbocycles. The van der Waals surface area contributed by atoms with Gasteiger partial charge in [0.25, 0.3) is 0 Å². The van der Waals surface area contributed by atoms with Crippen LogP contribution in [0.1, 0.15) is 0 Å². The largest absolute Gasteiger partial charge is 0.497 e. The van der Waals surface area contributed by atoms with E-state index in [9.17, 15) is 0 Å². The van der Waals surface area contributed by atoms with Crippen molar-refractivity contribution >= 4 is 17.9 Å². The lowest BCUT2D eigenvalue weighted by molar-refractivity contribution is 0.194. The lowest BCUT2D eigenvalue weighted by Crippen LogP contribution is -2.46. The quantitative estimate of drug-likeness (QED) is 0.803. The number of anilines is 1. The topological polar surface area (TPSA) is 38.5 Å². The highest BCUT2D eigenvalue weighted by molar-refractivity contribution is 7.71. The van der Waals surface area contributed by atoms with Crippen molar-refractivity contribution in [2.24, 2.45) is 7.05 Å². The Bertz CT molecular complexity index is 670. The normalized spacial score (nSPS) is 16.0. The summed E-state index contributed by atoms with van der Waals surface area (Å²) in [6.45, 7) is 4.78. The van der Waals surface area contributed by atoms with Gasteiger partial charge in [-0.05, 0) is 36.5 Å². The fraction of sp³-hybridized carbons (Fsp3) is 0.467. The molecule has 0 unspecified atom stereocenters. The molecule has 0 bridgehead atoms. The molecule has 1 aromatic heterocycles. The highest BCUT2D eigenvalue weighted by Crippen LogP contribution is 2.20. The van der Waals surface area contributed by atoms with E-state index in [-0.39, 0.29) is 0 Å². The highest BCUT2D eigenvalue weighted by Gasteiger charge is 2.18. The van der Waals surface area contributed by atoms with Gasteiger partial charge in [-0.15, -0.1) is 0 Å². The number of hydrogen-bond donors (Lipinski definition) is 0. The SMILES string of the molecule is COc1ccc(N2CCN(Cn3ncn(C)c3=S)CC2)cc1. The van der Waals surface area contributed by atoms with E-state index in [4.69, 9.17) is 17.0 Å². The van der Waals surface area contributed by atoms with Crippen molar-refractivity contribution in [3.63, 3.8) is 0 Å². The number of piperazine rings is 1. The molecule has 118 valence electrons. The third-order valence-corrected chi connectivity index (χ3v) is 4.53. The second kappa shape index (κ2) is 6.50. The van der Waals surface area contributed by atoms with Gasteiger partial charge >= 0.3 is 0 Å². The van der Waals surface area contributed by atoms with E-state index in [1.54, 1.807) is 13.4 Å². The Morgan fingerprint density at radius 3 is 2.36 bits per heavy atom. The Morgan fingerprint density at radius 1 is 1.14 bits per heavy atom. The smallest absolute Gasteiger partial charge is 0.198 e. The molecule has 0 aliphatic carbocycles. The van der Waals surface area contributed by atoms with Crippen molar-refractivity contribution in [2.75, 3.05) is 38.2 Å². The molecule has 22 heavy (non-hydrogen) atoms. The van der Waals surface area contributed by atoms with Crippen LogP contribution in [-0.4, -0.2) is 52.5 Å². The zero-order valence-electron chi connectivity index (χ0n) is 13.0. The molecule has 0 N–H and O–H groups in total. The maximum atomic E-state index is 5.33. The average Bonchev–Trinajstić information content (AvgIpc) is 2.88. The van der Waals surface area contributed by atoms with Crippen LogP contribution in [0.5, 0.6) is 5.75 Å². The van der Waals surface area contributed by atoms with Crippen LogP contribution in [0.2, 0.25) is 0 Å². The average molecular weight is 319 g/mol. The number of benzene rings is 1. The van der Waals surface area contributed by atoms with E-state index in [0.717, 1.165) is 43.4 Å². The van der Waals surface area contributed by atoms with Crippen molar-refractivity contribution in [2.45, 2.75) is 6.67 Å². The van der Waals surface area contributed by atoms with Gasteiger partial charge in [-0.3, -0.25) is 4.90 Å². The first kappa shape index (κ1) is 15.1. The fourth-order valence-electron chi connectivity index (χ4n) is 2.65. The molecule has 0 radical (unpaired) electrons. The Morgan fingerprint density at radius 2 is 1.82 bits per heavy atom. The van der Waals surface area contributed by atoms with Gasteiger partial charge in [0.15, 0.2) is 4.77 Å². The summed E-state index contributed by atoms with van der Waals surface area (Å²) in [6.07, 6.45) is 1.76. The van der Waals surface area contributed by atoms with Gasteiger partial charge in [-0.2, -0.15) is 5.10 Å². The molecule has 3 rings (SSSR count). The van der Waals surface area contributed by atoms with E-state index in [0.29, 0.717) is 0 Å². The van der Waals surface area contributed by atoms with Gasteiger partial charge in [0.2, 0.25) is 0 Å². The first-order valence-electron chi connectivity index (χ1n) is 7.37. The molecule has 0 saturated carbocycles. The Kier molecular flexibility index (Phi) is 4.44. The number of methoxy groups -OCH3 is 1. The van der Waals surface area contributed by atoms with E-state index >= 15 is 0 Å². The maximum absolute atomic E-state index is 5.33. The summed E-state index contributed by atoms with van der Waals surface area (Å²) < 4.78 is 9.70. The van der Waals surface area contributed by atoms with E-state index in [2.05, 4.69) is 27.0 Å². The van der Waals surface area contributed by atoms with Crippen molar-refractivity contribution < 1.29 is 4.74 Å². The minimum absolute atomic E-state index is 0.760. The van der Waals surface area contributed by atoms with Crippen LogP contribution in [0.4, 0.5) is 5.69 Å². The molecule has 7 heteroatoms. The lowest BCUT2D eigenvalue weighted by Gasteiger charge is -2.35. The van der Waals surface area contributed by atoms with E-state index in [1.807, 2.05) is 28.4 Å². The van der Waals surface area contributed by atoms with E-state index < -0.39 is 0 Å². The first-order valence-corrected chi connectivity index (χ1v) is 7.78. The number of ether oxygens (including phenoxy) is 1. The minimum Gasteiger partial charge on any atom is -0.497 e. The van der Waals surface area contributed by atoms with Crippen LogP contribution in [0.3, 0.4) is 0 Å². The van der Waals surface area contributed by atoms with Gasteiger partial charge in [-0.25, -0.2) is 4.68 Å². The molecule has 1 aliphatic heterocycles. The van der Waals surface area contributed by atoms with E-state index in [1.165, 1.54) is 5.69 Å². The zero-order valence-corrected chi connectivity index (χ0v) is 13.8. The lowest BCUT2D eigenvalue weighted by atomic mass is 10.2. The summed E-state index contributed by atoms with van der Waals surface area (Å²) in [6, 6.07) is 8.25. The molecule has 2 heterocycles. The van der Waals surface area contributed by atoms with Crippen LogP contribution in [0.15, 0.2) is 30.6 Å². The van der Waals surface area contributed by atoms with Gasteiger partial charge in [-0.1, -0.05) is 0 Å². The zero-order chi connectivity index (χ0) is 15.5. The molecule has 0 amide bonds. The molecule has 0 atom stereocenters. The van der Waals surface area contributed by atoms with Crippen molar-refractivity contribution in [3.8, 4) is 5.75 Å². The van der Waals surface area contributed by atoms with Crippen LogP contribution in [0, 0.1) is 4.77 Å². The summed E-state index contributed by atoms with van der Waals surface area (Å²) in [4.78, 5) is 4.77. The second-order valence-electron chi connectivity index (χ2n) is 5.47. The fourth-order valence-corrected chi connectivity index (χ4v) is 2.80. The predicted molar refractivity (Wildman–Crippen MR) is 88.8 cm³/mol. The summed E-state index contributed by atoms with van der Waals surface area (Å²) in [5.74, 6) is 0.895. The van der Waals surface area contributed by atoms with Crippen LogP contribution in [-0.2, 0) is 13.7 Å². The van der Waals surface area contributed by atoms with Crippen LogP contribution >= 0.6 is 12.2 Å². The molecule has 2 aromatic rings. The Hall–Kier alpha value is -1.86. The third kappa shape index (κ3) is 3.15. The molecule has 1 fully saturated rings. The summed E-state index contributed by atoms with van der Waals surface area (Å²) in [5, 5.41) is 4.31. The van der Waals surface area contributed by atoms with Gasteiger partial charge in [0.1, 0.15) is 12.1 Å². The van der Waals surface area contributed by atoms with Gasteiger partial charge in [0, 0.05) is 38.9 Å². The minimum atomic E-state index is 0.760. The molecule has 1 aliphatic rings. The first-order chi connectivity index (χ1) is 10.7. The van der Waals surface area contributed by atoms with Crippen molar-refractivity contribution in [3.05, 3.63) is 35.4 Å². The number of aromatic nitrogens is 3. The van der Waals surface area contributed by atoms with Crippen LogP contribution in [0.25, 0.3) is 0 Å². The molecular weight excluding hydrogens is 298 g/mol. The molecule has 6 nitrogen and oxygen atoms in total. The summed E-state index contributed by atoms with van der Waals surface area (Å²) >= 11 is 5.33. The van der Waals surface area contributed by atoms with Gasteiger partial charge in [0.05, 0.1) is 13.8 Å². The third-order valence-electron chi connectivity index (χ3n) is 4.03. The standard InChI is InChI=1S/C15H21N5OS/c1-17-11-16-20(15(17)22)12-18-7-9-19(10-8-18)13-3-5-14(21-2)6-4-13/h3-6,11H,7-10,12H2,1-2H3. The molecule has 1 saturated heterocycles. The molecule has 0 spiro atoms. The van der Waals surface area contributed by atoms with Crippen molar-refractivity contribution in [1.29, 1.82) is 0 Å². The number of aryl methyl sites for hydroxylation is 1. The number of hydrogen-bond acceptors (Lipinski definition) is 5. The Balaban J connectivity index is 1.57. The number of rotatable bonds is 4. The van der Waals surface area contributed by atoms with Crippen LogP contribution < -0.4 is 9.64 Å². The highest BCUT2D eigenvalue weighted by atomic mass is 32.1. The summed E-state index contributed by atoms with van der Waals surface area (Å²) in [5.41, 5.74) is 1.25.